The Hall–Kier alpha value is -2.30. The molecule has 140 valence electrons. The number of anilines is 1. The Morgan fingerprint density at radius 3 is 3.04 bits per heavy atom. The molecule has 1 aromatic carbocycles. The van der Waals surface area contributed by atoms with Crippen LogP contribution in [0.2, 0.25) is 0 Å². The number of nitrogens with one attached hydrogen (secondary N) is 1. The van der Waals surface area contributed by atoms with Crippen molar-refractivity contribution in [3.63, 3.8) is 0 Å². The summed E-state index contributed by atoms with van der Waals surface area (Å²) in [4.78, 5) is 18.8. The van der Waals surface area contributed by atoms with Gasteiger partial charge in [0.15, 0.2) is 0 Å². The van der Waals surface area contributed by atoms with E-state index >= 15 is 0 Å². The van der Waals surface area contributed by atoms with E-state index in [9.17, 15) is 4.79 Å². The molecule has 1 aliphatic rings. The summed E-state index contributed by atoms with van der Waals surface area (Å²) in [6.45, 7) is 6.92. The van der Waals surface area contributed by atoms with Crippen LogP contribution in [0.25, 0.3) is 10.9 Å². The zero-order chi connectivity index (χ0) is 18.5. The Morgan fingerprint density at radius 2 is 2.27 bits per heavy atom. The van der Waals surface area contributed by atoms with Gasteiger partial charge in [0.25, 0.3) is 0 Å². The molecule has 5 heteroatoms. The summed E-state index contributed by atoms with van der Waals surface area (Å²) < 4.78 is 5.49. The number of fused-ring (bicyclic) bond motifs is 1. The van der Waals surface area contributed by atoms with Gasteiger partial charge in [-0.3, -0.25) is 9.78 Å². The predicted octanol–water partition coefficient (Wildman–Crippen LogP) is 3.68. The Labute approximate surface area is 155 Å². The van der Waals surface area contributed by atoms with Crippen LogP contribution < -0.4 is 15.0 Å². The number of nitrogens with zero attached hydrogens (tertiary/aromatic N) is 2. The molecule has 1 N–H and O–H groups in total. The molecule has 0 saturated carbocycles. The molecule has 1 amide bonds. The molecule has 1 aliphatic heterocycles. The highest BCUT2D eigenvalue weighted by atomic mass is 16.5. The molecule has 0 spiro atoms. The predicted molar refractivity (Wildman–Crippen MR) is 106 cm³/mol. The third kappa shape index (κ3) is 3.92. The quantitative estimate of drug-likeness (QED) is 0.859. The first-order chi connectivity index (χ1) is 12.6. The van der Waals surface area contributed by atoms with Crippen molar-refractivity contribution < 1.29 is 9.53 Å². The molecule has 5 nitrogen and oxygen atoms in total. The molecule has 1 fully saturated rings. The maximum Gasteiger partial charge on any atom is 0.219 e. The van der Waals surface area contributed by atoms with Gasteiger partial charge >= 0.3 is 0 Å². The second kappa shape index (κ2) is 8.39. The Kier molecular flexibility index (Phi) is 5.96. The second-order valence-electron chi connectivity index (χ2n) is 7.15. The van der Waals surface area contributed by atoms with Crippen LogP contribution in [0.1, 0.15) is 38.2 Å². The highest BCUT2D eigenvalue weighted by molar-refractivity contribution is 5.96. The van der Waals surface area contributed by atoms with Crippen molar-refractivity contribution in [1.29, 1.82) is 0 Å². The van der Waals surface area contributed by atoms with Crippen LogP contribution in [-0.2, 0) is 4.79 Å². The molecular formula is C21H29N3O2. The summed E-state index contributed by atoms with van der Waals surface area (Å²) in [5, 5.41) is 4.24. The van der Waals surface area contributed by atoms with Gasteiger partial charge in [0.05, 0.1) is 12.8 Å². The van der Waals surface area contributed by atoms with Gasteiger partial charge in [-0.15, -0.1) is 0 Å². The van der Waals surface area contributed by atoms with Crippen molar-refractivity contribution in [1.82, 2.24) is 10.3 Å². The summed E-state index contributed by atoms with van der Waals surface area (Å²) >= 11 is 0. The number of benzene rings is 1. The first-order valence-corrected chi connectivity index (χ1v) is 9.58. The molecule has 26 heavy (non-hydrogen) atoms. The molecule has 1 aromatic heterocycles. The minimum atomic E-state index is 0.167. The maximum atomic E-state index is 11.8. The summed E-state index contributed by atoms with van der Waals surface area (Å²) in [5.41, 5.74) is 3.34. The van der Waals surface area contributed by atoms with Crippen molar-refractivity contribution in [2.24, 2.45) is 5.92 Å². The van der Waals surface area contributed by atoms with E-state index in [1.165, 1.54) is 11.3 Å². The number of amides is 1. The molecule has 3 rings (SSSR count). The highest BCUT2D eigenvalue weighted by Gasteiger charge is 2.23. The summed E-state index contributed by atoms with van der Waals surface area (Å²) in [6, 6.07) is 6.11. The van der Waals surface area contributed by atoms with Gasteiger partial charge < -0.3 is 15.0 Å². The van der Waals surface area contributed by atoms with Gasteiger partial charge in [0.2, 0.25) is 5.91 Å². The maximum absolute atomic E-state index is 11.8. The van der Waals surface area contributed by atoms with Crippen LogP contribution in [0, 0.1) is 12.8 Å². The normalized spacial score (nSPS) is 17.3. The van der Waals surface area contributed by atoms with Gasteiger partial charge in [-0.1, -0.05) is 19.1 Å². The number of aromatic nitrogens is 1. The number of carbonyl (C=O) groups excluding carboxylic acids is 1. The molecular weight excluding hydrogens is 326 g/mol. The lowest BCUT2D eigenvalue weighted by molar-refractivity contribution is -0.121. The van der Waals surface area contributed by atoms with Crippen LogP contribution in [0.3, 0.4) is 0 Å². The number of aryl methyl sites for hydroxylation is 1. The minimum absolute atomic E-state index is 0.167. The fourth-order valence-electron chi connectivity index (χ4n) is 3.87. The average molecular weight is 355 g/mol. The summed E-state index contributed by atoms with van der Waals surface area (Å²) in [5.74, 6) is 1.46. The van der Waals surface area contributed by atoms with Gasteiger partial charge in [-0.05, 0) is 43.7 Å². The molecule has 0 bridgehead atoms. The summed E-state index contributed by atoms with van der Waals surface area (Å²) in [6.07, 6.45) is 5.75. The van der Waals surface area contributed by atoms with Crippen molar-refractivity contribution >= 4 is 22.5 Å². The van der Waals surface area contributed by atoms with Crippen LogP contribution in [0.15, 0.2) is 24.4 Å². The molecule has 2 aromatic rings. The van der Waals surface area contributed by atoms with Gasteiger partial charge in [-0.2, -0.15) is 0 Å². The largest absolute Gasteiger partial charge is 0.494 e. The third-order valence-corrected chi connectivity index (χ3v) is 5.14. The number of rotatable bonds is 6. The topological polar surface area (TPSA) is 54.5 Å². The molecule has 0 unspecified atom stereocenters. The van der Waals surface area contributed by atoms with E-state index in [2.05, 4.69) is 28.2 Å². The van der Waals surface area contributed by atoms with Crippen molar-refractivity contribution in [3.05, 3.63) is 30.0 Å². The first-order valence-electron chi connectivity index (χ1n) is 9.58. The van der Waals surface area contributed by atoms with E-state index in [1.807, 2.05) is 25.3 Å². The lowest BCUT2D eigenvalue weighted by atomic mass is 9.96. The van der Waals surface area contributed by atoms with Gasteiger partial charge in [-0.25, -0.2) is 0 Å². The highest BCUT2D eigenvalue weighted by Crippen LogP contribution is 2.35. The van der Waals surface area contributed by atoms with E-state index in [1.54, 1.807) is 7.11 Å². The second-order valence-corrected chi connectivity index (χ2v) is 7.15. The van der Waals surface area contributed by atoms with Crippen LogP contribution in [-0.4, -0.2) is 37.6 Å². The zero-order valence-corrected chi connectivity index (χ0v) is 16.0. The zero-order valence-electron chi connectivity index (χ0n) is 16.0. The molecule has 0 radical (unpaired) electrons. The fraction of sp³-hybridized carbons (Fsp3) is 0.524. The van der Waals surface area contributed by atoms with Crippen molar-refractivity contribution in [3.8, 4) is 5.75 Å². The number of ether oxygens (including phenoxy) is 1. The van der Waals surface area contributed by atoms with Crippen molar-refractivity contribution in [2.75, 3.05) is 31.6 Å². The van der Waals surface area contributed by atoms with E-state index in [4.69, 9.17) is 4.74 Å². The van der Waals surface area contributed by atoms with E-state index < -0.39 is 0 Å². The van der Waals surface area contributed by atoms with Crippen LogP contribution in [0.4, 0.5) is 5.69 Å². The Bertz CT molecular complexity index is 775. The third-order valence-electron chi connectivity index (χ3n) is 5.14. The van der Waals surface area contributed by atoms with Crippen LogP contribution in [0.5, 0.6) is 5.75 Å². The molecule has 2 heterocycles. The molecule has 1 atom stereocenters. The van der Waals surface area contributed by atoms with Gasteiger partial charge in [0, 0.05) is 37.6 Å². The van der Waals surface area contributed by atoms with Crippen LogP contribution >= 0.6 is 0 Å². The Morgan fingerprint density at radius 1 is 1.42 bits per heavy atom. The number of hydrogen-bond donors (Lipinski definition) is 1. The number of para-hydroxylation sites is 1. The lowest BCUT2D eigenvalue weighted by Gasteiger charge is -2.36. The molecule has 1 saturated heterocycles. The number of piperidine rings is 1. The fourth-order valence-corrected chi connectivity index (χ4v) is 3.87. The number of methoxy groups -OCH3 is 1. The SMILES string of the molecule is CCCC(=O)NC[C@H]1CCCN(c2c(C)cnc3c(OC)cccc23)C1. The average Bonchev–Trinajstić information content (AvgIpc) is 2.66. The number of pyridine rings is 1. The Balaban J connectivity index is 1.82. The number of carbonyl (C=O) groups is 1. The van der Waals surface area contributed by atoms with Crippen molar-refractivity contribution in [2.45, 2.75) is 39.5 Å². The standard InChI is InChI=1S/C21H29N3O2/c1-4-7-19(25)22-13-16-8-6-11-24(14-16)21-15(2)12-23-20-17(21)9-5-10-18(20)26-3/h5,9-10,12,16H,4,6-8,11,13-14H2,1-3H3,(H,22,25)/t16-/m1/s1. The lowest BCUT2D eigenvalue weighted by Crippen LogP contribution is -2.41. The van der Waals surface area contributed by atoms with Gasteiger partial charge in [0.1, 0.15) is 11.3 Å². The monoisotopic (exact) mass is 355 g/mol. The minimum Gasteiger partial charge on any atom is -0.494 e. The number of hydrogen-bond acceptors (Lipinski definition) is 4. The first kappa shape index (κ1) is 18.5. The van der Waals surface area contributed by atoms with E-state index in [0.717, 1.165) is 55.5 Å². The smallest absolute Gasteiger partial charge is 0.219 e. The van der Waals surface area contributed by atoms with E-state index in [0.29, 0.717) is 12.3 Å². The molecule has 0 aliphatic carbocycles. The summed E-state index contributed by atoms with van der Waals surface area (Å²) in [7, 11) is 1.69. The van der Waals surface area contributed by atoms with E-state index in [-0.39, 0.29) is 5.91 Å².